The summed E-state index contributed by atoms with van der Waals surface area (Å²) in [5.41, 5.74) is 9.43. The van der Waals surface area contributed by atoms with Gasteiger partial charge < -0.3 is 10.1 Å². The summed E-state index contributed by atoms with van der Waals surface area (Å²) in [4.78, 5) is 0. The number of alkyl halides is 3. The number of hydrogen-bond donors (Lipinski definition) is 2. The number of rotatable bonds is 6. The Morgan fingerprint density at radius 3 is 2.33 bits per heavy atom. The van der Waals surface area contributed by atoms with Crippen molar-refractivity contribution >= 4 is 40.6 Å². The molecule has 3 aromatic rings. The molecule has 0 radical (unpaired) electrons. The molecule has 1 aliphatic rings. The minimum atomic E-state index is -4.71. The first-order valence-corrected chi connectivity index (χ1v) is 11.6. The van der Waals surface area contributed by atoms with Gasteiger partial charge in [-0.25, -0.2) is 0 Å². The van der Waals surface area contributed by atoms with E-state index >= 15 is 0 Å². The molecule has 0 saturated heterocycles. The zero-order valence-electron chi connectivity index (χ0n) is 19.6. The smallest absolute Gasteiger partial charge is 0.406 e. The number of anilines is 2. The first-order chi connectivity index (χ1) is 17.2. The fourth-order valence-electron chi connectivity index (χ4n) is 3.75. The predicted molar refractivity (Wildman–Crippen MR) is 141 cm³/mol. The molecule has 36 heavy (non-hydrogen) atoms. The average molecular weight is 512 g/mol. The van der Waals surface area contributed by atoms with Gasteiger partial charge in [-0.3, -0.25) is 10.4 Å². The van der Waals surface area contributed by atoms with Gasteiger partial charge in [-0.2, -0.15) is 10.2 Å². The predicted octanol–water partition coefficient (Wildman–Crippen LogP) is 6.14. The van der Waals surface area contributed by atoms with Crippen molar-refractivity contribution in [3.8, 4) is 5.75 Å². The summed E-state index contributed by atoms with van der Waals surface area (Å²) < 4.78 is 41.0. The molecule has 10 heteroatoms. The summed E-state index contributed by atoms with van der Waals surface area (Å²) in [6, 6.07) is 19.5. The summed E-state index contributed by atoms with van der Waals surface area (Å²) in [5, 5.41) is 14.2. The summed E-state index contributed by atoms with van der Waals surface area (Å²) in [7, 11) is 0. The third kappa shape index (κ3) is 6.60. The summed E-state index contributed by atoms with van der Waals surface area (Å²) in [6.45, 7) is 4.66. The monoisotopic (exact) mass is 511 g/mol. The SMILES string of the molecule is Cc1cccc(C)c1NC(=S)NN=Cc1ccc(C2=NN(c3ccc(OC(F)(F)F)cc3)CC2)cc1. The highest BCUT2D eigenvalue weighted by molar-refractivity contribution is 7.80. The number of benzene rings is 3. The zero-order valence-corrected chi connectivity index (χ0v) is 20.5. The maximum absolute atomic E-state index is 12.3. The van der Waals surface area contributed by atoms with Crippen molar-refractivity contribution in [1.29, 1.82) is 0 Å². The van der Waals surface area contributed by atoms with Gasteiger partial charge in [0.2, 0.25) is 0 Å². The number of nitrogens with zero attached hydrogens (tertiary/aromatic N) is 3. The Balaban J connectivity index is 1.33. The van der Waals surface area contributed by atoms with Crippen LogP contribution in [0.1, 0.15) is 28.7 Å². The Kier molecular flexibility index (Phi) is 7.54. The van der Waals surface area contributed by atoms with E-state index in [1.165, 1.54) is 12.1 Å². The van der Waals surface area contributed by atoms with Gasteiger partial charge >= 0.3 is 6.36 Å². The third-order valence-corrected chi connectivity index (χ3v) is 5.71. The Hall–Kier alpha value is -3.92. The molecule has 0 spiro atoms. The minimum absolute atomic E-state index is 0.261. The van der Waals surface area contributed by atoms with Crippen molar-refractivity contribution in [2.24, 2.45) is 10.2 Å². The van der Waals surface area contributed by atoms with E-state index in [0.29, 0.717) is 23.8 Å². The summed E-state index contributed by atoms with van der Waals surface area (Å²) in [6.07, 6.45) is -2.32. The van der Waals surface area contributed by atoms with E-state index in [-0.39, 0.29) is 5.75 Å². The van der Waals surface area contributed by atoms with Gasteiger partial charge in [0, 0.05) is 18.7 Å². The first kappa shape index (κ1) is 25.2. The highest BCUT2D eigenvalue weighted by Crippen LogP contribution is 2.27. The first-order valence-electron chi connectivity index (χ1n) is 11.2. The number of para-hydroxylation sites is 1. The fourth-order valence-corrected chi connectivity index (χ4v) is 3.90. The number of thiocarbonyl (C=S) groups is 1. The normalized spacial score (nSPS) is 13.6. The summed E-state index contributed by atoms with van der Waals surface area (Å²) >= 11 is 5.33. The molecule has 0 fully saturated rings. The molecule has 1 aliphatic heterocycles. The van der Waals surface area contributed by atoms with Crippen LogP contribution in [0.5, 0.6) is 5.75 Å². The van der Waals surface area contributed by atoms with Gasteiger partial charge in [-0.1, -0.05) is 42.5 Å². The lowest BCUT2D eigenvalue weighted by Gasteiger charge is -2.14. The van der Waals surface area contributed by atoms with Crippen LogP contribution in [0.4, 0.5) is 24.5 Å². The van der Waals surface area contributed by atoms with E-state index in [2.05, 4.69) is 25.7 Å². The number of halogens is 3. The molecule has 6 nitrogen and oxygen atoms in total. The van der Waals surface area contributed by atoms with Crippen molar-refractivity contribution in [2.45, 2.75) is 26.6 Å². The van der Waals surface area contributed by atoms with Crippen LogP contribution in [0.25, 0.3) is 0 Å². The number of hydrazone groups is 2. The van der Waals surface area contributed by atoms with Crippen LogP contribution in [-0.4, -0.2) is 29.9 Å². The molecule has 1 heterocycles. The maximum atomic E-state index is 12.3. The summed E-state index contributed by atoms with van der Waals surface area (Å²) in [5.74, 6) is -0.261. The van der Waals surface area contributed by atoms with Crippen LogP contribution < -0.4 is 20.5 Å². The van der Waals surface area contributed by atoms with E-state index in [4.69, 9.17) is 12.2 Å². The van der Waals surface area contributed by atoms with E-state index in [1.807, 2.05) is 56.3 Å². The number of aryl methyl sites for hydroxylation is 2. The van der Waals surface area contributed by atoms with E-state index in [9.17, 15) is 13.2 Å². The number of hydrogen-bond acceptors (Lipinski definition) is 5. The van der Waals surface area contributed by atoms with Gasteiger partial charge in [-0.05, 0) is 72.6 Å². The van der Waals surface area contributed by atoms with E-state index < -0.39 is 6.36 Å². The standard InChI is InChI=1S/C26H24F3N5OS/c1-17-4-3-5-18(2)24(17)31-25(36)32-30-16-19-6-8-20(9-7-19)23-14-15-34(33-23)21-10-12-22(13-11-21)35-26(27,28)29/h3-13,16H,14-15H2,1-2H3,(H2,31,32,36). The number of ether oxygens (including phenoxy) is 1. The van der Waals surface area contributed by atoms with Gasteiger partial charge in [-0.15, -0.1) is 13.2 Å². The number of nitrogens with one attached hydrogen (secondary N) is 2. The lowest BCUT2D eigenvalue weighted by Crippen LogP contribution is -2.24. The topological polar surface area (TPSA) is 61.2 Å². The van der Waals surface area contributed by atoms with Crippen molar-refractivity contribution in [2.75, 3.05) is 16.9 Å². The minimum Gasteiger partial charge on any atom is -0.406 e. The molecular formula is C26H24F3N5OS. The fraction of sp³-hybridized carbons (Fsp3) is 0.192. The largest absolute Gasteiger partial charge is 0.573 e. The molecule has 0 unspecified atom stereocenters. The Labute approximate surface area is 212 Å². The molecule has 186 valence electrons. The van der Waals surface area contributed by atoms with Crippen LogP contribution >= 0.6 is 12.2 Å². The Morgan fingerprint density at radius 1 is 1.03 bits per heavy atom. The van der Waals surface area contributed by atoms with Gasteiger partial charge in [0.1, 0.15) is 5.75 Å². The molecule has 0 bridgehead atoms. The highest BCUT2D eigenvalue weighted by Gasteiger charge is 2.31. The zero-order chi connectivity index (χ0) is 25.7. The molecule has 3 aromatic carbocycles. The second-order valence-corrected chi connectivity index (χ2v) is 8.58. The van der Waals surface area contributed by atoms with E-state index in [1.54, 1.807) is 23.4 Å². The second-order valence-electron chi connectivity index (χ2n) is 8.17. The van der Waals surface area contributed by atoms with Gasteiger partial charge in [0.05, 0.1) is 17.6 Å². The van der Waals surface area contributed by atoms with E-state index in [0.717, 1.165) is 33.7 Å². The van der Waals surface area contributed by atoms with Gasteiger partial charge in [0.25, 0.3) is 0 Å². The molecule has 2 N–H and O–H groups in total. The van der Waals surface area contributed by atoms with Crippen LogP contribution in [-0.2, 0) is 0 Å². The third-order valence-electron chi connectivity index (χ3n) is 5.51. The molecule has 0 atom stereocenters. The molecular weight excluding hydrogens is 487 g/mol. The molecule has 0 amide bonds. The van der Waals surface area contributed by atoms with Crippen LogP contribution in [0, 0.1) is 13.8 Å². The average Bonchev–Trinajstić information content (AvgIpc) is 3.32. The molecule has 0 saturated carbocycles. The lowest BCUT2D eigenvalue weighted by atomic mass is 10.1. The van der Waals surface area contributed by atoms with Gasteiger partial charge in [0.15, 0.2) is 5.11 Å². The Bertz CT molecular complexity index is 1270. The quantitative estimate of drug-likeness (QED) is 0.237. The van der Waals surface area contributed by atoms with Crippen molar-refractivity contribution in [3.05, 3.63) is 89.0 Å². The highest BCUT2D eigenvalue weighted by atomic mass is 32.1. The Morgan fingerprint density at radius 2 is 1.69 bits per heavy atom. The van der Waals surface area contributed by atoms with Crippen LogP contribution in [0.2, 0.25) is 0 Å². The molecule has 0 aliphatic carbocycles. The second kappa shape index (κ2) is 10.8. The van der Waals surface area contributed by atoms with Crippen molar-refractivity contribution < 1.29 is 17.9 Å². The maximum Gasteiger partial charge on any atom is 0.573 e. The molecule has 4 rings (SSSR count). The van der Waals surface area contributed by atoms with Crippen LogP contribution in [0.15, 0.2) is 76.9 Å². The molecule has 0 aromatic heterocycles. The van der Waals surface area contributed by atoms with Crippen molar-refractivity contribution in [1.82, 2.24) is 5.43 Å². The lowest BCUT2D eigenvalue weighted by molar-refractivity contribution is -0.274. The van der Waals surface area contributed by atoms with Crippen molar-refractivity contribution in [3.63, 3.8) is 0 Å². The van der Waals surface area contributed by atoms with Crippen LogP contribution in [0.3, 0.4) is 0 Å².